The predicted octanol–water partition coefficient (Wildman–Crippen LogP) is 4.41. The van der Waals surface area contributed by atoms with Gasteiger partial charge in [0.2, 0.25) is 5.91 Å². The zero-order valence-corrected chi connectivity index (χ0v) is 19.3. The molecule has 0 bridgehead atoms. The normalized spacial score (nSPS) is 14.9. The topological polar surface area (TPSA) is 94.2 Å². The van der Waals surface area contributed by atoms with Crippen molar-refractivity contribution in [3.8, 4) is 17.2 Å². The van der Waals surface area contributed by atoms with Crippen molar-refractivity contribution in [3.05, 3.63) is 78.9 Å². The van der Waals surface area contributed by atoms with Crippen LogP contribution in [0.15, 0.2) is 78.9 Å². The van der Waals surface area contributed by atoms with Gasteiger partial charge in [-0.3, -0.25) is 14.4 Å². The molecule has 3 aromatic rings. The highest BCUT2D eigenvalue weighted by Crippen LogP contribution is 2.28. The minimum Gasteiger partial charge on any atom is -0.494 e. The first-order valence-corrected chi connectivity index (χ1v) is 11.3. The minimum absolute atomic E-state index is 0.0382. The summed E-state index contributed by atoms with van der Waals surface area (Å²) in [6.45, 7) is 2.22. The van der Waals surface area contributed by atoms with Gasteiger partial charge in [-0.25, -0.2) is 0 Å². The van der Waals surface area contributed by atoms with Crippen molar-refractivity contribution in [2.45, 2.75) is 13.3 Å². The number of carbonyl (C=O) groups is 3. The molecule has 0 aliphatic carbocycles. The van der Waals surface area contributed by atoms with E-state index in [0.29, 0.717) is 35.2 Å². The monoisotopic (exact) mass is 474 g/mol. The number of anilines is 2. The molecule has 1 saturated heterocycles. The van der Waals surface area contributed by atoms with E-state index < -0.39 is 24.4 Å². The van der Waals surface area contributed by atoms with Crippen LogP contribution in [0, 0.1) is 5.92 Å². The molecule has 0 spiro atoms. The van der Waals surface area contributed by atoms with Gasteiger partial charge in [0.15, 0.2) is 6.61 Å². The third kappa shape index (κ3) is 6.38. The second kappa shape index (κ2) is 11.2. The van der Waals surface area contributed by atoms with Gasteiger partial charge in [0.1, 0.15) is 17.2 Å². The molecule has 180 valence electrons. The van der Waals surface area contributed by atoms with Crippen molar-refractivity contribution >= 4 is 29.2 Å². The second-order valence-electron chi connectivity index (χ2n) is 7.93. The average Bonchev–Trinajstić information content (AvgIpc) is 3.27. The quantitative estimate of drug-likeness (QED) is 0.462. The lowest BCUT2D eigenvalue weighted by Gasteiger charge is -2.17. The molecule has 35 heavy (non-hydrogen) atoms. The number of esters is 1. The molecule has 1 heterocycles. The molecule has 1 aliphatic rings. The number of benzene rings is 3. The molecule has 8 heteroatoms. The summed E-state index contributed by atoms with van der Waals surface area (Å²) in [6.07, 6.45) is 0.0382. The Morgan fingerprint density at radius 1 is 0.914 bits per heavy atom. The van der Waals surface area contributed by atoms with E-state index >= 15 is 0 Å². The van der Waals surface area contributed by atoms with Crippen molar-refractivity contribution in [2.24, 2.45) is 5.92 Å². The lowest BCUT2D eigenvalue weighted by atomic mass is 10.1. The molecule has 2 amide bonds. The molecule has 4 rings (SSSR count). The van der Waals surface area contributed by atoms with Crippen LogP contribution in [0.4, 0.5) is 11.4 Å². The van der Waals surface area contributed by atoms with Crippen molar-refractivity contribution in [1.29, 1.82) is 0 Å². The van der Waals surface area contributed by atoms with Crippen LogP contribution >= 0.6 is 0 Å². The van der Waals surface area contributed by atoms with E-state index in [-0.39, 0.29) is 18.9 Å². The van der Waals surface area contributed by atoms with Gasteiger partial charge in [0.25, 0.3) is 5.91 Å². The number of rotatable bonds is 9. The molecular weight excluding hydrogens is 448 g/mol. The number of amides is 2. The van der Waals surface area contributed by atoms with Gasteiger partial charge in [-0.1, -0.05) is 18.2 Å². The summed E-state index contributed by atoms with van der Waals surface area (Å²) in [5.74, 6) is 0.209. The first-order chi connectivity index (χ1) is 17.0. The summed E-state index contributed by atoms with van der Waals surface area (Å²) < 4.78 is 16.3. The Bertz CT molecular complexity index is 1160. The predicted molar refractivity (Wildman–Crippen MR) is 131 cm³/mol. The number of carbonyl (C=O) groups excluding carboxylic acids is 3. The smallest absolute Gasteiger partial charge is 0.311 e. The number of hydrogen-bond donors (Lipinski definition) is 1. The highest BCUT2D eigenvalue weighted by Gasteiger charge is 2.36. The average molecular weight is 475 g/mol. The van der Waals surface area contributed by atoms with E-state index in [1.54, 1.807) is 53.4 Å². The van der Waals surface area contributed by atoms with E-state index in [4.69, 9.17) is 14.2 Å². The van der Waals surface area contributed by atoms with E-state index in [1.807, 2.05) is 37.3 Å². The fraction of sp³-hybridized carbons (Fsp3) is 0.222. The van der Waals surface area contributed by atoms with Crippen LogP contribution in [-0.4, -0.2) is 37.5 Å². The maximum Gasteiger partial charge on any atom is 0.311 e. The number of hydrogen-bond acceptors (Lipinski definition) is 6. The molecule has 1 N–H and O–H groups in total. The zero-order chi connectivity index (χ0) is 24.6. The molecule has 0 saturated carbocycles. The Hall–Kier alpha value is -4.33. The summed E-state index contributed by atoms with van der Waals surface area (Å²) in [4.78, 5) is 38.7. The van der Waals surface area contributed by atoms with Crippen molar-refractivity contribution in [3.63, 3.8) is 0 Å². The number of ether oxygens (including phenoxy) is 3. The van der Waals surface area contributed by atoms with E-state index in [1.165, 1.54) is 0 Å². The Balaban J connectivity index is 1.24. The maximum absolute atomic E-state index is 12.5. The number of para-hydroxylation sites is 1. The Morgan fingerprint density at radius 2 is 1.57 bits per heavy atom. The van der Waals surface area contributed by atoms with Gasteiger partial charge in [-0.2, -0.15) is 0 Å². The molecule has 1 atom stereocenters. The van der Waals surface area contributed by atoms with E-state index in [0.717, 1.165) is 0 Å². The van der Waals surface area contributed by atoms with Crippen molar-refractivity contribution < 1.29 is 28.6 Å². The highest BCUT2D eigenvalue weighted by atomic mass is 16.5. The van der Waals surface area contributed by atoms with E-state index in [9.17, 15) is 14.4 Å². The lowest BCUT2D eigenvalue weighted by molar-refractivity contribution is -0.151. The zero-order valence-electron chi connectivity index (χ0n) is 19.3. The van der Waals surface area contributed by atoms with Gasteiger partial charge in [-0.15, -0.1) is 0 Å². The third-order valence-corrected chi connectivity index (χ3v) is 5.38. The van der Waals surface area contributed by atoms with Crippen molar-refractivity contribution in [1.82, 2.24) is 0 Å². The van der Waals surface area contributed by atoms with Crippen molar-refractivity contribution in [2.75, 3.05) is 30.0 Å². The first-order valence-electron chi connectivity index (χ1n) is 11.3. The van der Waals surface area contributed by atoms with Crippen LogP contribution in [0.3, 0.4) is 0 Å². The maximum atomic E-state index is 12.5. The largest absolute Gasteiger partial charge is 0.494 e. The molecule has 0 aromatic heterocycles. The van der Waals surface area contributed by atoms with E-state index in [2.05, 4.69) is 5.32 Å². The third-order valence-electron chi connectivity index (χ3n) is 5.38. The van der Waals surface area contributed by atoms with Crippen LogP contribution in [-0.2, 0) is 19.1 Å². The molecule has 3 aromatic carbocycles. The molecular formula is C27H26N2O6. The fourth-order valence-corrected chi connectivity index (χ4v) is 3.69. The lowest BCUT2D eigenvalue weighted by Crippen LogP contribution is -2.28. The van der Waals surface area contributed by atoms with Crippen LogP contribution in [0.25, 0.3) is 0 Å². The number of nitrogens with one attached hydrogen (secondary N) is 1. The highest BCUT2D eigenvalue weighted by molar-refractivity contribution is 6.00. The summed E-state index contributed by atoms with van der Waals surface area (Å²) in [7, 11) is 0. The van der Waals surface area contributed by atoms with Gasteiger partial charge in [0.05, 0.1) is 12.5 Å². The SMILES string of the molecule is CCOc1ccc(N2C[C@H](C(=O)OCC(=O)Nc3ccc(Oc4ccccc4)cc3)CC2=O)cc1. The summed E-state index contributed by atoms with van der Waals surface area (Å²) in [5.41, 5.74) is 1.23. The molecule has 8 nitrogen and oxygen atoms in total. The Kier molecular flexibility index (Phi) is 7.62. The fourth-order valence-electron chi connectivity index (χ4n) is 3.69. The Labute approximate surface area is 203 Å². The van der Waals surface area contributed by atoms with Gasteiger partial charge >= 0.3 is 5.97 Å². The molecule has 0 unspecified atom stereocenters. The molecule has 0 radical (unpaired) electrons. The van der Waals surface area contributed by atoms with Gasteiger partial charge in [0, 0.05) is 24.3 Å². The Morgan fingerprint density at radius 3 is 2.26 bits per heavy atom. The van der Waals surface area contributed by atoms with Crippen LogP contribution < -0.4 is 19.7 Å². The van der Waals surface area contributed by atoms with Crippen LogP contribution in [0.1, 0.15) is 13.3 Å². The van der Waals surface area contributed by atoms with Crippen LogP contribution in [0.5, 0.6) is 17.2 Å². The molecule has 1 aliphatic heterocycles. The standard InChI is InChI=1S/C27H26N2O6/c1-2-33-22-14-10-21(11-15-22)29-17-19(16-26(29)31)27(32)34-18-25(30)28-20-8-12-24(13-9-20)35-23-6-4-3-5-7-23/h3-15,19H,2,16-18H2,1H3,(H,28,30)/t19-/m1/s1. The minimum atomic E-state index is -0.628. The summed E-state index contributed by atoms with van der Waals surface area (Å²) >= 11 is 0. The van der Waals surface area contributed by atoms with Crippen LogP contribution in [0.2, 0.25) is 0 Å². The molecule has 1 fully saturated rings. The van der Waals surface area contributed by atoms with Gasteiger partial charge < -0.3 is 24.4 Å². The summed E-state index contributed by atoms with van der Waals surface area (Å²) in [5, 5.41) is 2.68. The first kappa shape index (κ1) is 23.8. The number of nitrogens with zero attached hydrogens (tertiary/aromatic N) is 1. The summed E-state index contributed by atoms with van der Waals surface area (Å²) in [6, 6.07) is 23.3. The second-order valence-corrected chi connectivity index (χ2v) is 7.93. The van der Waals surface area contributed by atoms with Gasteiger partial charge in [-0.05, 0) is 67.6 Å².